The van der Waals surface area contributed by atoms with Gasteiger partial charge in [-0.25, -0.2) is 13.9 Å². The smallest absolute Gasteiger partial charge is 0.358 e. The lowest BCUT2D eigenvalue weighted by atomic mass is 10.1. The molecule has 0 spiro atoms. The largest absolute Gasteiger partial charge is 0.481 e. The number of rotatable bonds is 8. The predicted octanol–water partition coefficient (Wildman–Crippen LogP) is 4.97. The van der Waals surface area contributed by atoms with Crippen molar-refractivity contribution < 1.29 is 23.5 Å². The molecule has 1 amide bonds. The van der Waals surface area contributed by atoms with Gasteiger partial charge < -0.3 is 19.3 Å². The first-order chi connectivity index (χ1) is 19.4. The second-order valence-electron chi connectivity index (χ2n) is 9.46. The molecule has 1 saturated heterocycles. The summed E-state index contributed by atoms with van der Waals surface area (Å²) in [6, 6.07) is 24.9. The maximum Gasteiger partial charge on any atom is 0.358 e. The van der Waals surface area contributed by atoms with Gasteiger partial charge in [-0.1, -0.05) is 30.3 Å². The molecule has 1 atom stereocenters. The van der Waals surface area contributed by atoms with Crippen molar-refractivity contribution in [3.05, 3.63) is 96.4 Å². The quantitative estimate of drug-likeness (QED) is 0.293. The monoisotopic (exact) mass is 542 g/mol. The van der Waals surface area contributed by atoms with Gasteiger partial charge in [-0.05, 0) is 68.4 Å². The number of hydrogen-bond acceptors (Lipinski definition) is 6. The van der Waals surface area contributed by atoms with Gasteiger partial charge in [0.05, 0.1) is 18.0 Å². The van der Waals surface area contributed by atoms with Gasteiger partial charge in [0.2, 0.25) is 0 Å². The van der Waals surface area contributed by atoms with Crippen molar-refractivity contribution in [2.24, 2.45) is 0 Å². The molecule has 3 aromatic carbocycles. The Labute approximate surface area is 232 Å². The van der Waals surface area contributed by atoms with Crippen LogP contribution in [-0.2, 0) is 9.53 Å². The standard InChI is InChI=1S/C31H31FN4O4/c1-3-39-31(38)28-21-29(36(33-28)26-15-11-24(32)12-16-26)23-9-13-25(14-10-23)34-17-19-35(20-18-34)30(37)22(2)40-27-7-5-4-6-8-27/h4-16,21-22H,3,17-20H2,1-2H3. The van der Waals surface area contributed by atoms with E-state index in [1.807, 2.05) is 59.5 Å². The number of esters is 1. The van der Waals surface area contributed by atoms with Crippen molar-refractivity contribution in [2.45, 2.75) is 20.0 Å². The van der Waals surface area contributed by atoms with Gasteiger partial charge >= 0.3 is 5.97 Å². The molecule has 1 aliphatic rings. The van der Waals surface area contributed by atoms with Gasteiger partial charge in [0, 0.05) is 37.4 Å². The molecule has 1 unspecified atom stereocenters. The molecule has 206 valence electrons. The molecule has 1 aromatic heterocycles. The molecule has 4 aromatic rings. The van der Waals surface area contributed by atoms with E-state index in [4.69, 9.17) is 9.47 Å². The Balaban J connectivity index is 1.27. The topological polar surface area (TPSA) is 76.9 Å². The third kappa shape index (κ3) is 5.98. The van der Waals surface area contributed by atoms with Gasteiger partial charge in [-0.3, -0.25) is 4.79 Å². The van der Waals surface area contributed by atoms with E-state index in [0.29, 0.717) is 43.3 Å². The molecular formula is C31H31FN4O4. The van der Waals surface area contributed by atoms with Crippen LogP contribution in [0.5, 0.6) is 5.75 Å². The first-order valence-electron chi connectivity index (χ1n) is 13.3. The Morgan fingerprint density at radius 3 is 2.20 bits per heavy atom. The highest BCUT2D eigenvalue weighted by atomic mass is 19.1. The molecule has 1 aliphatic heterocycles. The normalized spacial score (nSPS) is 14.1. The zero-order valence-electron chi connectivity index (χ0n) is 22.5. The average molecular weight is 543 g/mol. The Bertz CT molecular complexity index is 1450. The van der Waals surface area contributed by atoms with E-state index in [9.17, 15) is 14.0 Å². The van der Waals surface area contributed by atoms with E-state index >= 15 is 0 Å². The van der Waals surface area contributed by atoms with Gasteiger partial charge in [0.25, 0.3) is 5.91 Å². The minimum atomic E-state index is -0.557. The number of piperazine rings is 1. The van der Waals surface area contributed by atoms with Crippen LogP contribution < -0.4 is 9.64 Å². The van der Waals surface area contributed by atoms with Crippen molar-refractivity contribution in [3.63, 3.8) is 0 Å². The number of halogens is 1. The molecule has 2 heterocycles. The Hall–Kier alpha value is -4.66. The van der Waals surface area contributed by atoms with E-state index in [0.717, 1.165) is 11.3 Å². The first-order valence-corrected chi connectivity index (χ1v) is 13.3. The van der Waals surface area contributed by atoms with Crippen LogP contribution in [0.25, 0.3) is 16.9 Å². The zero-order valence-corrected chi connectivity index (χ0v) is 22.5. The van der Waals surface area contributed by atoms with Gasteiger partial charge in [-0.15, -0.1) is 0 Å². The summed E-state index contributed by atoms with van der Waals surface area (Å²) in [6.45, 7) is 6.36. The van der Waals surface area contributed by atoms with Crippen molar-refractivity contribution in [2.75, 3.05) is 37.7 Å². The number of para-hydroxylation sites is 1. The Morgan fingerprint density at radius 2 is 1.55 bits per heavy atom. The number of ether oxygens (including phenoxy) is 2. The fourth-order valence-corrected chi connectivity index (χ4v) is 4.71. The number of carbonyl (C=O) groups excluding carboxylic acids is 2. The van der Waals surface area contributed by atoms with E-state index in [-0.39, 0.29) is 24.0 Å². The van der Waals surface area contributed by atoms with Crippen LogP contribution in [0.4, 0.5) is 10.1 Å². The van der Waals surface area contributed by atoms with E-state index in [1.165, 1.54) is 12.1 Å². The fraction of sp³-hybridized carbons (Fsp3) is 0.258. The molecule has 0 bridgehead atoms. The number of carbonyl (C=O) groups is 2. The average Bonchev–Trinajstić information content (AvgIpc) is 3.44. The highest BCUT2D eigenvalue weighted by Gasteiger charge is 2.26. The molecule has 8 nitrogen and oxygen atoms in total. The number of nitrogens with zero attached hydrogens (tertiary/aromatic N) is 4. The van der Waals surface area contributed by atoms with Crippen molar-refractivity contribution in [1.82, 2.24) is 14.7 Å². The van der Waals surface area contributed by atoms with Crippen molar-refractivity contribution in [3.8, 4) is 22.7 Å². The Kier molecular flexibility index (Phi) is 8.10. The van der Waals surface area contributed by atoms with Crippen LogP contribution in [0, 0.1) is 5.82 Å². The molecule has 1 fully saturated rings. The highest BCUT2D eigenvalue weighted by Crippen LogP contribution is 2.28. The maximum absolute atomic E-state index is 13.5. The van der Waals surface area contributed by atoms with Crippen LogP contribution in [-0.4, -0.2) is 65.4 Å². The zero-order chi connectivity index (χ0) is 28.1. The molecule has 5 rings (SSSR count). The Morgan fingerprint density at radius 1 is 0.900 bits per heavy atom. The minimum absolute atomic E-state index is 0.0229. The van der Waals surface area contributed by atoms with Crippen molar-refractivity contribution in [1.29, 1.82) is 0 Å². The maximum atomic E-state index is 13.5. The highest BCUT2D eigenvalue weighted by molar-refractivity contribution is 5.89. The predicted molar refractivity (Wildman–Crippen MR) is 150 cm³/mol. The second-order valence-corrected chi connectivity index (χ2v) is 9.46. The van der Waals surface area contributed by atoms with E-state index in [2.05, 4.69) is 10.00 Å². The first kappa shape index (κ1) is 26.9. The number of hydrogen-bond donors (Lipinski definition) is 0. The number of anilines is 1. The van der Waals surface area contributed by atoms with Crippen LogP contribution in [0.3, 0.4) is 0 Å². The number of aromatic nitrogens is 2. The molecule has 9 heteroatoms. The molecule has 0 aliphatic carbocycles. The summed E-state index contributed by atoms with van der Waals surface area (Å²) < 4.78 is 26.1. The van der Waals surface area contributed by atoms with Gasteiger partial charge in [-0.2, -0.15) is 5.10 Å². The molecule has 40 heavy (non-hydrogen) atoms. The second kappa shape index (κ2) is 12.0. The molecular weight excluding hydrogens is 511 g/mol. The third-order valence-corrected chi connectivity index (χ3v) is 6.79. The van der Waals surface area contributed by atoms with E-state index < -0.39 is 12.1 Å². The lowest BCUT2D eigenvalue weighted by Crippen LogP contribution is -2.52. The summed E-state index contributed by atoms with van der Waals surface area (Å²) in [7, 11) is 0. The van der Waals surface area contributed by atoms with Crippen LogP contribution >= 0.6 is 0 Å². The summed E-state index contributed by atoms with van der Waals surface area (Å²) in [5.41, 5.74) is 3.36. The molecule has 0 saturated carbocycles. The van der Waals surface area contributed by atoms with Gasteiger partial charge in [0.15, 0.2) is 11.8 Å². The lowest BCUT2D eigenvalue weighted by molar-refractivity contribution is -0.138. The SMILES string of the molecule is CCOC(=O)c1cc(-c2ccc(N3CCN(C(=O)C(C)Oc4ccccc4)CC3)cc2)n(-c2ccc(F)cc2)n1. The fourth-order valence-electron chi connectivity index (χ4n) is 4.71. The van der Waals surface area contributed by atoms with Crippen LogP contribution in [0.2, 0.25) is 0 Å². The number of amides is 1. The number of benzene rings is 3. The van der Waals surface area contributed by atoms with Gasteiger partial charge in [0.1, 0.15) is 11.6 Å². The summed E-state index contributed by atoms with van der Waals surface area (Å²) >= 11 is 0. The lowest BCUT2D eigenvalue weighted by Gasteiger charge is -2.37. The van der Waals surface area contributed by atoms with E-state index in [1.54, 1.807) is 36.7 Å². The van der Waals surface area contributed by atoms with Crippen LogP contribution in [0.1, 0.15) is 24.3 Å². The van der Waals surface area contributed by atoms with Crippen molar-refractivity contribution >= 4 is 17.6 Å². The summed E-state index contributed by atoms with van der Waals surface area (Å²) in [5.74, 6) is -0.216. The summed E-state index contributed by atoms with van der Waals surface area (Å²) in [4.78, 5) is 29.4. The summed E-state index contributed by atoms with van der Waals surface area (Å²) in [6.07, 6.45) is -0.557. The third-order valence-electron chi connectivity index (χ3n) is 6.79. The minimum Gasteiger partial charge on any atom is -0.481 e. The molecule has 0 N–H and O–H groups in total. The van der Waals surface area contributed by atoms with Crippen LogP contribution in [0.15, 0.2) is 84.9 Å². The molecule has 0 radical (unpaired) electrons. The summed E-state index contributed by atoms with van der Waals surface area (Å²) in [5, 5.41) is 4.44.